The van der Waals surface area contributed by atoms with Gasteiger partial charge in [0, 0.05) is 12.1 Å². The Morgan fingerprint density at radius 1 is 1.25 bits per heavy atom. The van der Waals surface area contributed by atoms with Gasteiger partial charge in [-0.25, -0.2) is 9.37 Å². The van der Waals surface area contributed by atoms with Crippen LogP contribution in [0.3, 0.4) is 0 Å². The maximum atomic E-state index is 13.3. The summed E-state index contributed by atoms with van der Waals surface area (Å²) in [4.78, 5) is 4.09. The van der Waals surface area contributed by atoms with E-state index in [1.54, 1.807) is 37.3 Å². The van der Waals surface area contributed by atoms with Crippen molar-refractivity contribution in [2.75, 3.05) is 0 Å². The third-order valence-corrected chi connectivity index (χ3v) is 2.50. The van der Waals surface area contributed by atoms with Crippen molar-refractivity contribution in [1.29, 1.82) is 0 Å². The summed E-state index contributed by atoms with van der Waals surface area (Å²) in [5.74, 6) is 0.582. The summed E-state index contributed by atoms with van der Waals surface area (Å²) in [6.45, 7) is 1.70. The van der Waals surface area contributed by atoms with Gasteiger partial charge in [0.1, 0.15) is 16.2 Å². The van der Waals surface area contributed by atoms with Crippen LogP contribution in [-0.4, -0.2) is 4.98 Å². The van der Waals surface area contributed by atoms with E-state index >= 15 is 0 Å². The Bertz CT molecular complexity index is 516. The second-order valence-corrected chi connectivity index (χ2v) is 4.12. The Hall–Kier alpha value is -1.42. The van der Waals surface area contributed by atoms with Crippen LogP contribution in [0.15, 0.2) is 41.0 Å². The lowest BCUT2D eigenvalue weighted by molar-refractivity contribution is 0.456. The van der Waals surface area contributed by atoms with Crippen molar-refractivity contribution in [2.45, 2.75) is 6.92 Å². The molecule has 0 N–H and O–H groups in total. The lowest BCUT2D eigenvalue weighted by Crippen LogP contribution is -1.89. The first-order chi connectivity index (χ1) is 7.65. The molecule has 0 saturated carbocycles. The quantitative estimate of drug-likeness (QED) is 0.774. The topological polar surface area (TPSA) is 22.1 Å². The summed E-state index contributed by atoms with van der Waals surface area (Å²) in [6, 6.07) is 10.0. The van der Waals surface area contributed by atoms with Crippen molar-refractivity contribution in [3.8, 4) is 11.6 Å². The van der Waals surface area contributed by atoms with Gasteiger partial charge >= 0.3 is 0 Å². The number of ether oxygens (including phenoxy) is 1. The van der Waals surface area contributed by atoms with Crippen LogP contribution < -0.4 is 4.74 Å². The van der Waals surface area contributed by atoms with Gasteiger partial charge in [0.25, 0.3) is 0 Å². The molecule has 16 heavy (non-hydrogen) atoms. The van der Waals surface area contributed by atoms with Gasteiger partial charge in [0.05, 0.1) is 0 Å². The molecule has 2 rings (SSSR count). The van der Waals surface area contributed by atoms with Crippen LogP contribution >= 0.6 is 15.9 Å². The molecular weight excluding hydrogens is 273 g/mol. The molecule has 0 amide bonds. The van der Waals surface area contributed by atoms with E-state index in [9.17, 15) is 4.39 Å². The van der Waals surface area contributed by atoms with Gasteiger partial charge in [-0.2, -0.15) is 0 Å². The van der Waals surface area contributed by atoms with E-state index in [1.165, 1.54) is 6.07 Å². The summed E-state index contributed by atoms with van der Waals surface area (Å²) < 4.78 is 19.3. The van der Waals surface area contributed by atoms with Crippen molar-refractivity contribution in [1.82, 2.24) is 4.98 Å². The van der Waals surface area contributed by atoms with Crippen molar-refractivity contribution in [3.63, 3.8) is 0 Å². The van der Waals surface area contributed by atoms with E-state index in [-0.39, 0.29) is 5.82 Å². The molecule has 0 bridgehead atoms. The van der Waals surface area contributed by atoms with E-state index in [1.807, 2.05) is 0 Å². The Morgan fingerprint density at radius 2 is 2.06 bits per heavy atom. The fraction of sp³-hybridized carbons (Fsp3) is 0.0833. The fourth-order valence-corrected chi connectivity index (χ4v) is 1.53. The van der Waals surface area contributed by atoms with Crippen LogP contribution in [0.4, 0.5) is 4.39 Å². The predicted molar refractivity (Wildman–Crippen MR) is 63.1 cm³/mol. The summed E-state index contributed by atoms with van der Waals surface area (Å²) in [7, 11) is 0. The molecular formula is C12H9BrFNO. The van der Waals surface area contributed by atoms with E-state index in [2.05, 4.69) is 20.9 Å². The summed E-state index contributed by atoms with van der Waals surface area (Å²) >= 11 is 3.24. The van der Waals surface area contributed by atoms with Crippen molar-refractivity contribution in [2.24, 2.45) is 0 Å². The molecule has 0 aliphatic carbocycles. The zero-order valence-corrected chi connectivity index (χ0v) is 10.2. The van der Waals surface area contributed by atoms with Crippen LogP contribution in [0, 0.1) is 12.7 Å². The molecule has 2 nitrogen and oxygen atoms in total. The summed E-state index contributed by atoms with van der Waals surface area (Å²) in [5, 5.41) is 0. The molecule has 1 heterocycles. The van der Waals surface area contributed by atoms with Crippen LogP contribution in [-0.2, 0) is 0 Å². The first-order valence-corrected chi connectivity index (χ1v) is 5.51. The van der Waals surface area contributed by atoms with Crippen LogP contribution in [0.2, 0.25) is 0 Å². The average Bonchev–Trinajstić information content (AvgIpc) is 2.24. The third-order valence-electron chi connectivity index (χ3n) is 2.06. The Balaban J connectivity index is 2.24. The molecule has 0 fully saturated rings. The smallest absolute Gasteiger partial charge is 0.220 e. The van der Waals surface area contributed by atoms with E-state index in [4.69, 9.17) is 4.74 Å². The molecule has 1 aromatic carbocycles. The maximum absolute atomic E-state index is 13.3. The lowest BCUT2D eigenvalue weighted by Gasteiger charge is -2.05. The molecule has 82 valence electrons. The Labute approximate surface area is 101 Å². The highest BCUT2D eigenvalue weighted by molar-refractivity contribution is 9.10. The molecule has 1 aromatic heterocycles. The average molecular weight is 282 g/mol. The molecule has 0 saturated heterocycles. The molecule has 0 unspecified atom stereocenters. The molecule has 0 aliphatic heterocycles. The molecule has 0 radical (unpaired) electrons. The van der Waals surface area contributed by atoms with E-state index in [0.717, 1.165) is 0 Å². The molecule has 0 spiro atoms. The second kappa shape index (κ2) is 4.61. The van der Waals surface area contributed by atoms with Gasteiger partial charge in [-0.05, 0) is 40.5 Å². The predicted octanol–water partition coefficient (Wildman–Crippen LogP) is 4.08. The third kappa shape index (κ3) is 2.58. The number of pyridine rings is 1. The van der Waals surface area contributed by atoms with Gasteiger partial charge in [-0.1, -0.05) is 12.1 Å². The number of rotatable bonds is 2. The number of aromatic nitrogens is 1. The maximum Gasteiger partial charge on any atom is 0.220 e. The number of halogens is 2. The summed E-state index contributed by atoms with van der Waals surface area (Å²) in [6.07, 6.45) is 0. The van der Waals surface area contributed by atoms with Gasteiger partial charge in [0.2, 0.25) is 5.88 Å². The van der Waals surface area contributed by atoms with E-state index < -0.39 is 0 Å². The first-order valence-electron chi connectivity index (χ1n) is 4.72. The number of hydrogen-bond acceptors (Lipinski definition) is 2. The van der Waals surface area contributed by atoms with Crippen LogP contribution in [0.1, 0.15) is 5.56 Å². The first kappa shape index (κ1) is 11.1. The zero-order valence-electron chi connectivity index (χ0n) is 8.58. The Kier molecular flexibility index (Phi) is 3.19. The largest absolute Gasteiger partial charge is 0.439 e. The highest BCUT2D eigenvalue weighted by Gasteiger charge is 2.02. The van der Waals surface area contributed by atoms with Crippen LogP contribution in [0.5, 0.6) is 11.6 Å². The standard InChI is InChI=1S/C12H9BrFNO/c1-8-5-6-9(7-10(8)14)16-12-4-2-3-11(13)15-12/h2-7H,1H3. The fourth-order valence-electron chi connectivity index (χ4n) is 1.20. The minimum atomic E-state index is -0.285. The molecule has 4 heteroatoms. The van der Waals surface area contributed by atoms with Gasteiger partial charge < -0.3 is 4.74 Å². The molecule has 0 atom stereocenters. The van der Waals surface area contributed by atoms with Crippen LogP contribution in [0.25, 0.3) is 0 Å². The van der Waals surface area contributed by atoms with Gasteiger partial charge in [-0.15, -0.1) is 0 Å². The highest BCUT2D eigenvalue weighted by atomic mass is 79.9. The summed E-state index contributed by atoms with van der Waals surface area (Å²) in [5.41, 5.74) is 0.592. The zero-order chi connectivity index (χ0) is 11.5. The highest BCUT2D eigenvalue weighted by Crippen LogP contribution is 2.22. The minimum absolute atomic E-state index is 0.285. The monoisotopic (exact) mass is 281 g/mol. The van der Waals surface area contributed by atoms with Gasteiger partial charge in [0.15, 0.2) is 0 Å². The number of hydrogen-bond donors (Lipinski definition) is 0. The number of benzene rings is 1. The lowest BCUT2D eigenvalue weighted by atomic mass is 10.2. The van der Waals surface area contributed by atoms with E-state index in [0.29, 0.717) is 21.8 Å². The SMILES string of the molecule is Cc1ccc(Oc2cccc(Br)n2)cc1F. The van der Waals surface area contributed by atoms with Crippen molar-refractivity contribution < 1.29 is 9.13 Å². The second-order valence-electron chi connectivity index (χ2n) is 3.31. The van der Waals surface area contributed by atoms with Gasteiger partial charge in [-0.3, -0.25) is 0 Å². The number of nitrogens with zero attached hydrogens (tertiary/aromatic N) is 1. The Morgan fingerprint density at radius 3 is 2.75 bits per heavy atom. The molecule has 0 aliphatic rings. The van der Waals surface area contributed by atoms with Crippen molar-refractivity contribution >= 4 is 15.9 Å². The normalized spacial score (nSPS) is 10.2. The number of aryl methyl sites for hydroxylation is 1. The van der Waals surface area contributed by atoms with Crippen molar-refractivity contribution in [3.05, 3.63) is 52.4 Å². The molecule has 2 aromatic rings. The minimum Gasteiger partial charge on any atom is -0.439 e.